The Bertz CT molecular complexity index is 468. The third kappa shape index (κ3) is 3.70. The van der Waals surface area contributed by atoms with Crippen molar-refractivity contribution in [3.05, 3.63) is 47.5 Å². The van der Waals surface area contributed by atoms with Crippen LogP contribution in [0.25, 0.3) is 0 Å². The van der Waals surface area contributed by atoms with Gasteiger partial charge < -0.3 is 10.2 Å². The molecule has 1 aliphatic rings. The van der Waals surface area contributed by atoms with Gasteiger partial charge in [-0.05, 0) is 39.4 Å². The van der Waals surface area contributed by atoms with Crippen molar-refractivity contribution in [2.75, 3.05) is 20.6 Å². The second-order valence-corrected chi connectivity index (χ2v) is 5.77. The largest absolute Gasteiger partial charge is 0.354 e. The number of hydrogen-bond acceptors (Lipinski definition) is 2. The molecular weight excluding hydrogens is 248 g/mol. The number of rotatable bonds is 5. The molecule has 2 rings (SSSR count). The molecule has 1 aliphatic carbocycles. The summed E-state index contributed by atoms with van der Waals surface area (Å²) in [5.41, 5.74) is 2.50. The van der Waals surface area contributed by atoms with E-state index in [9.17, 15) is 4.79 Å². The van der Waals surface area contributed by atoms with Crippen LogP contribution in [0.4, 0.5) is 0 Å². The predicted molar refractivity (Wildman–Crippen MR) is 82.5 cm³/mol. The summed E-state index contributed by atoms with van der Waals surface area (Å²) in [4.78, 5) is 14.2. The van der Waals surface area contributed by atoms with Gasteiger partial charge in [-0.25, -0.2) is 0 Å². The average Bonchev–Trinajstić information content (AvgIpc) is 2.94. The monoisotopic (exact) mass is 272 g/mol. The molecule has 0 aliphatic heterocycles. The standard InChI is InChI=1S/C17H24N2O/c1-13-8-10-14(11-9-13)16(19(2)3)12-18-17(20)15-6-4-5-7-15/h4-5,8-11,15-16H,6-7,12H2,1-3H3,(H,18,20)/t16-/m1/s1. The van der Waals surface area contributed by atoms with E-state index < -0.39 is 0 Å². The molecule has 108 valence electrons. The topological polar surface area (TPSA) is 32.3 Å². The van der Waals surface area contributed by atoms with Gasteiger partial charge in [-0.2, -0.15) is 0 Å². The van der Waals surface area contributed by atoms with Gasteiger partial charge in [0.1, 0.15) is 0 Å². The molecule has 0 heterocycles. The quantitative estimate of drug-likeness (QED) is 0.836. The van der Waals surface area contributed by atoms with Crippen molar-refractivity contribution in [1.82, 2.24) is 10.2 Å². The molecular formula is C17H24N2O. The molecule has 1 N–H and O–H groups in total. The Morgan fingerprint density at radius 1 is 1.25 bits per heavy atom. The summed E-state index contributed by atoms with van der Waals surface area (Å²) in [6.45, 7) is 2.74. The van der Waals surface area contributed by atoms with Crippen LogP contribution in [0.1, 0.15) is 30.0 Å². The van der Waals surface area contributed by atoms with Gasteiger partial charge in [-0.1, -0.05) is 42.0 Å². The lowest BCUT2D eigenvalue weighted by atomic mass is 10.0. The van der Waals surface area contributed by atoms with Gasteiger partial charge in [0.05, 0.1) is 6.04 Å². The van der Waals surface area contributed by atoms with Crippen LogP contribution in [0.3, 0.4) is 0 Å². The highest BCUT2D eigenvalue weighted by atomic mass is 16.1. The molecule has 20 heavy (non-hydrogen) atoms. The first-order chi connectivity index (χ1) is 9.58. The van der Waals surface area contributed by atoms with Gasteiger partial charge in [0.15, 0.2) is 0 Å². The zero-order valence-corrected chi connectivity index (χ0v) is 12.6. The number of carbonyl (C=O) groups excluding carboxylic acids is 1. The Morgan fingerprint density at radius 3 is 2.40 bits per heavy atom. The fourth-order valence-corrected chi connectivity index (χ4v) is 2.56. The first-order valence-electron chi connectivity index (χ1n) is 7.23. The van der Waals surface area contributed by atoms with Crippen LogP contribution in [-0.2, 0) is 4.79 Å². The average molecular weight is 272 g/mol. The van der Waals surface area contributed by atoms with Crippen LogP contribution in [0.2, 0.25) is 0 Å². The molecule has 0 unspecified atom stereocenters. The summed E-state index contributed by atoms with van der Waals surface area (Å²) >= 11 is 0. The molecule has 1 aromatic rings. The first kappa shape index (κ1) is 14.8. The molecule has 0 bridgehead atoms. The van der Waals surface area contributed by atoms with Crippen LogP contribution in [-0.4, -0.2) is 31.4 Å². The number of aryl methyl sites for hydroxylation is 1. The van der Waals surface area contributed by atoms with E-state index in [0.29, 0.717) is 6.54 Å². The van der Waals surface area contributed by atoms with Gasteiger partial charge in [-0.3, -0.25) is 4.79 Å². The zero-order valence-electron chi connectivity index (χ0n) is 12.6. The lowest BCUT2D eigenvalue weighted by Crippen LogP contribution is -2.37. The van der Waals surface area contributed by atoms with Crippen molar-refractivity contribution in [2.45, 2.75) is 25.8 Å². The maximum Gasteiger partial charge on any atom is 0.223 e. The van der Waals surface area contributed by atoms with E-state index in [0.717, 1.165) is 12.8 Å². The van der Waals surface area contributed by atoms with E-state index in [1.165, 1.54) is 11.1 Å². The van der Waals surface area contributed by atoms with Crippen LogP contribution in [0.5, 0.6) is 0 Å². The SMILES string of the molecule is Cc1ccc([C@@H](CNC(=O)C2CC=CC2)N(C)C)cc1. The molecule has 0 saturated carbocycles. The molecule has 1 aromatic carbocycles. The van der Waals surface area contributed by atoms with E-state index in [2.05, 4.69) is 53.6 Å². The van der Waals surface area contributed by atoms with Crippen molar-refractivity contribution in [2.24, 2.45) is 5.92 Å². The molecule has 3 heteroatoms. The maximum atomic E-state index is 12.1. The molecule has 0 saturated heterocycles. The summed E-state index contributed by atoms with van der Waals surface area (Å²) in [5, 5.41) is 3.10. The number of likely N-dealkylation sites (N-methyl/N-ethyl adjacent to an activating group) is 1. The Hall–Kier alpha value is -1.61. The first-order valence-corrected chi connectivity index (χ1v) is 7.23. The van der Waals surface area contributed by atoms with Gasteiger partial charge in [-0.15, -0.1) is 0 Å². The lowest BCUT2D eigenvalue weighted by Gasteiger charge is -2.26. The number of nitrogens with zero attached hydrogens (tertiary/aromatic N) is 1. The van der Waals surface area contributed by atoms with E-state index in [4.69, 9.17) is 0 Å². The number of benzene rings is 1. The highest BCUT2D eigenvalue weighted by molar-refractivity contribution is 5.79. The van der Waals surface area contributed by atoms with E-state index in [1.54, 1.807) is 0 Å². The molecule has 3 nitrogen and oxygen atoms in total. The minimum absolute atomic E-state index is 0.135. The van der Waals surface area contributed by atoms with Crippen molar-refractivity contribution >= 4 is 5.91 Å². The minimum Gasteiger partial charge on any atom is -0.354 e. The molecule has 1 amide bonds. The zero-order chi connectivity index (χ0) is 14.5. The minimum atomic E-state index is 0.135. The molecule has 0 aromatic heterocycles. The van der Waals surface area contributed by atoms with Crippen molar-refractivity contribution in [1.29, 1.82) is 0 Å². The molecule has 1 atom stereocenters. The highest BCUT2D eigenvalue weighted by Gasteiger charge is 2.21. The fourth-order valence-electron chi connectivity index (χ4n) is 2.56. The second kappa shape index (κ2) is 6.71. The molecule has 0 radical (unpaired) electrons. The Kier molecular flexibility index (Phi) is 4.96. The summed E-state index contributed by atoms with van der Waals surface area (Å²) in [6.07, 6.45) is 5.94. The normalized spacial score (nSPS) is 16.6. The van der Waals surface area contributed by atoms with Gasteiger partial charge in [0, 0.05) is 12.5 Å². The molecule has 0 spiro atoms. The van der Waals surface area contributed by atoms with Crippen LogP contribution < -0.4 is 5.32 Å². The highest BCUT2D eigenvalue weighted by Crippen LogP contribution is 2.20. The predicted octanol–water partition coefficient (Wildman–Crippen LogP) is 2.68. The van der Waals surface area contributed by atoms with E-state index in [1.807, 2.05) is 14.1 Å². The van der Waals surface area contributed by atoms with Gasteiger partial charge in [0.2, 0.25) is 5.91 Å². The number of nitrogens with one attached hydrogen (secondary N) is 1. The van der Waals surface area contributed by atoms with E-state index >= 15 is 0 Å². The Labute approximate surface area is 121 Å². The number of allylic oxidation sites excluding steroid dienone is 2. The summed E-state index contributed by atoms with van der Waals surface area (Å²) in [5.74, 6) is 0.310. The van der Waals surface area contributed by atoms with Gasteiger partial charge in [0.25, 0.3) is 0 Å². The van der Waals surface area contributed by atoms with Crippen molar-refractivity contribution in [3.8, 4) is 0 Å². The smallest absolute Gasteiger partial charge is 0.223 e. The summed E-state index contributed by atoms with van der Waals surface area (Å²) in [7, 11) is 4.10. The number of amides is 1. The van der Waals surface area contributed by atoms with E-state index in [-0.39, 0.29) is 17.9 Å². The summed E-state index contributed by atoms with van der Waals surface area (Å²) < 4.78 is 0. The van der Waals surface area contributed by atoms with Crippen LogP contribution in [0.15, 0.2) is 36.4 Å². The third-order valence-corrected chi connectivity index (χ3v) is 3.93. The Balaban J connectivity index is 1.95. The number of carbonyl (C=O) groups is 1. The fraction of sp³-hybridized carbons (Fsp3) is 0.471. The maximum absolute atomic E-state index is 12.1. The Morgan fingerprint density at radius 2 is 1.85 bits per heavy atom. The van der Waals surface area contributed by atoms with Crippen molar-refractivity contribution in [3.63, 3.8) is 0 Å². The van der Waals surface area contributed by atoms with Crippen LogP contribution in [0, 0.1) is 12.8 Å². The van der Waals surface area contributed by atoms with Gasteiger partial charge >= 0.3 is 0 Å². The lowest BCUT2D eigenvalue weighted by molar-refractivity contribution is -0.124. The molecule has 0 fully saturated rings. The second-order valence-electron chi connectivity index (χ2n) is 5.77. The third-order valence-electron chi connectivity index (χ3n) is 3.93. The summed E-state index contributed by atoms with van der Waals surface area (Å²) in [6, 6.07) is 8.74. The van der Waals surface area contributed by atoms with Crippen molar-refractivity contribution < 1.29 is 4.79 Å². The number of hydrogen-bond donors (Lipinski definition) is 1. The van der Waals surface area contributed by atoms with Crippen LogP contribution >= 0.6 is 0 Å².